The summed E-state index contributed by atoms with van der Waals surface area (Å²) in [7, 11) is 2.03. The Morgan fingerprint density at radius 2 is 1.43 bits per heavy atom. The molecular formula is C20H21NO8S. The summed E-state index contributed by atoms with van der Waals surface area (Å²) >= 11 is 0. The minimum atomic E-state index is -3.75. The van der Waals surface area contributed by atoms with E-state index >= 15 is 0 Å². The second-order valence-corrected chi connectivity index (χ2v) is 7.86. The molecule has 0 aliphatic rings. The molecule has 3 rings (SSSR count). The number of ketones is 1. The zero-order valence-corrected chi connectivity index (χ0v) is 17.9. The van der Waals surface area contributed by atoms with Crippen LogP contribution in [0.1, 0.15) is 15.9 Å². The molecule has 1 aromatic heterocycles. The summed E-state index contributed by atoms with van der Waals surface area (Å²) in [5.41, 5.74) is 1.18. The molecule has 160 valence electrons. The number of aromatic nitrogens is 1. The van der Waals surface area contributed by atoms with Gasteiger partial charge in [0.05, 0.1) is 40.2 Å². The first-order valence-corrected chi connectivity index (χ1v) is 10.5. The van der Waals surface area contributed by atoms with Gasteiger partial charge in [-0.15, -0.1) is 0 Å². The number of H-pyrrole nitrogens is 1. The Morgan fingerprint density at radius 1 is 0.833 bits per heavy atom. The molecule has 0 atom stereocenters. The summed E-state index contributed by atoms with van der Waals surface area (Å²) in [6, 6.07) is 6.11. The van der Waals surface area contributed by atoms with E-state index in [2.05, 4.69) is 4.98 Å². The number of fused-ring (bicyclic) bond motifs is 1. The van der Waals surface area contributed by atoms with Crippen LogP contribution < -0.4 is 23.1 Å². The van der Waals surface area contributed by atoms with Crippen molar-refractivity contribution in [1.29, 1.82) is 0 Å². The quantitative estimate of drug-likeness (QED) is 0.424. The summed E-state index contributed by atoms with van der Waals surface area (Å²) in [6.07, 6.45) is 2.46. The molecule has 0 saturated carbocycles. The van der Waals surface area contributed by atoms with Crippen LogP contribution in [0.5, 0.6) is 28.7 Å². The van der Waals surface area contributed by atoms with Crippen LogP contribution >= 0.6 is 0 Å². The van der Waals surface area contributed by atoms with E-state index in [-0.39, 0.29) is 17.3 Å². The predicted molar refractivity (Wildman–Crippen MR) is 110 cm³/mol. The first kappa shape index (κ1) is 21.3. The summed E-state index contributed by atoms with van der Waals surface area (Å²) in [5, 5.41) is 0.534. The summed E-state index contributed by atoms with van der Waals surface area (Å²) < 4.78 is 49.1. The van der Waals surface area contributed by atoms with E-state index in [1.807, 2.05) is 0 Å². The number of hydrogen-bond acceptors (Lipinski definition) is 8. The van der Waals surface area contributed by atoms with E-state index in [9.17, 15) is 13.2 Å². The molecule has 0 amide bonds. The van der Waals surface area contributed by atoms with Crippen molar-refractivity contribution in [3.63, 3.8) is 0 Å². The van der Waals surface area contributed by atoms with E-state index in [0.717, 1.165) is 6.26 Å². The average Bonchev–Trinajstić information content (AvgIpc) is 3.12. The minimum Gasteiger partial charge on any atom is -0.493 e. The van der Waals surface area contributed by atoms with Crippen LogP contribution in [0.2, 0.25) is 0 Å². The summed E-state index contributed by atoms with van der Waals surface area (Å²) in [6.45, 7) is 0. The van der Waals surface area contributed by atoms with E-state index in [4.69, 9.17) is 23.1 Å². The molecule has 0 fully saturated rings. The van der Waals surface area contributed by atoms with Gasteiger partial charge in [0, 0.05) is 28.8 Å². The van der Waals surface area contributed by atoms with Crippen molar-refractivity contribution in [2.24, 2.45) is 0 Å². The lowest BCUT2D eigenvalue weighted by atomic mass is 10.0. The maximum Gasteiger partial charge on any atom is 0.306 e. The van der Waals surface area contributed by atoms with Crippen molar-refractivity contribution in [3.8, 4) is 28.7 Å². The number of rotatable bonds is 8. The van der Waals surface area contributed by atoms with Gasteiger partial charge in [-0.05, 0) is 18.2 Å². The Bertz CT molecular complexity index is 1190. The fourth-order valence-corrected chi connectivity index (χ4v) is 3.53. The lowest BCUT2D eigenvalue weighted by Gasteiger charge is -2.13. The van der Waals surface area contributed by atoms with Crippen molar-refractivity contribution in [2.45, 2.75) is 0 Å². The van der Waals surface area contributed by atoms with E-state index in [1.165, 1.54) is 46.8 Å². The van der Waals surface area contributed by atoms with Crippen LogP contribution in [0.25, 0.3) is 10.9 Å². The standard InChI is InChI=1S/C20H21NO8S/c1-25-15-8-12-13(10-21-14(12)9-16(15)29-30(5,23)24)19(22)11-6-17(26-2)20(28-4)18(7-11)27-3/h6-10,21H,1-5H3. The Labute approximate surface area is 173 Å². The first-order valence-electron chi connectivity index (χ1n) is 8.65. The van der Waals surface area contributed by atoms with Crippen molar-refractivity contribution >= 4 is 26.8 Å². The maximum absolute atomic E-state index is 13.2. The van der Waals surface area contributed by atoms with Crippen molar-refractivity contribution in [3.05, 3.63) is 41.6 Å². The van der Waals surface area contributed by atoms with Gasteiger partial charge in [-0.1, -0.05) is 0 Å². The van der Waals surface area contributed by atoms with Crippen LogP contribution in [0.3, 0.4) is 0 Å². The van der Waals surface area contributed by atoms with Gasteiger partial charge in [-0.3, -0.25) is 4.79 Å². The Morgan fingerprint density at radius 3 is 1.93 bits per heavy atom. The number of methoxy groups -OCH3 is 4. The number of aromatic amines is 1. The highest BCUT2D eigenvalue weighted by Crippen LogP contribution is 2.40. The second-order valence-electron chi connectivity index (χ2n) is 6.28. The van der Waals surface area contributed by atoms with E-state index in [0.29, 0.717) is 39.3 Å². The molecule has 0 aliphatic carbocycles. The van der Waals surface area contributed by atoms with E-state index < -0.39 is 10.1 Å². The van der Waals surface area contributed by atoms with Gasteiger partial charge in [-0.25, -0.2) is 0 Å². The summed E-state index contributed by atoms with van der Waals surface area (Å²) in [4.78, 5) is 16.2. The van der Waals surface area contributed by atoms with Crippen LogP contribution in [0, 0.1) is 0 Å². The van der Waals surface area contributed by atoms with Crippen molar-refractivity contribution in [2.75, 3.05) is 34.7 Å². The Kier molecular flexibility index (Phi) is 5.79. The molecule has 0 bridgehead atoms. The number of nitrogens with one attached hydrogen (secondary N) is 1. The zero-order valence-electron chi connectivity index (χ0n) is 17.1. The number of hydrogen-bond donors (Lipinski definition) is 1. The molecule has 0 spiro atoms. The summed E-state index contributed by atoms with van der Waals surface area (Å²) in [5.74, 6) is 0.953. The van der Waals surface area contributed by atoms with Gasteiger partial charge in [0.1, 0.15) is 0 Å². The molecule has 30 heavy (non-hydrogen) atoms. The molecule has 0 saturated heterocycles. The number of ether oxygens (including phenoxy) is 4. The smallest absolute Gasteiger partial charge is 0.306 e. The van der Waals surface area contributed by atoms with Gasteiger partial charge in [0.15, 0.2) is 28.8 Å². The monoisotopic (exact) mass is 435 g/mol. The number of carbonyl (C=O) groups is 1. The van der Waals surface area contributed by atoms with Crippen LogP contribution in [-0.2, 0) is 10.1 Å². The Balaban J connectivity index is 2.12. The Hall–Kier alpha value is -3.40. The minimum absolute atomic E-state index is 0.0149. The zero-order chi connectivity index (χ0) is 22.1. The molecule has 1 N–H and O–H groups in total. The molecular weight excluding hydrogens is 414 g/mol. The molecule has 2 aromatic carbocycles. The molecule has 0 radical (unpaired) electrons. The van der Waals surface area contributed by atoms with E-state index in [1.54, 1.807) is 12.1 Å². The van der Waals surface area contributed by atoms with Gasteiger partial charge < -0.3 is 28.1 Å². The third-order valence-electron chi connectivity index (χ3n) is 4.38. The van der Waals surface area contributed by atoms with Gasteiger partial charge in [0.2, 0.25) is 5.75 Å². The van der Waals surface area contributed by atoms with Gasteiger partial charge in [-0.2, -0.15) is 8.42 Å². The largest absolute Gasteiger partial charge is 0.493 e. The third-order valence-corrected chi connectivity index (χ3v) is 4.86. The lowest BCUT2D eigenvalue weighted by Crippen LogP contribution is -2.07. The number of benzene rings is 2. The lowest BCUT2D eigenvalue weighted by molar-refractivity contribution is 0.103. The third kappa shape index (κ3) is 3.99. The van der Waals surface area contributed by atoms with Gasteiger partial charge >= 0.3 is 10.1 Å². The fraction of sp³-hybridized carbons (Fsp3) is 0.250. The maximum atomic E-state index is 13.2. The molecule has 10 heteroatoms. The van der Waals surface area contributed by atoms with Crippen LogP contribution in [0.4, 0.5) is 0 Å². The van der Waals surface area contributed by atoms with Crippen LogP contribution in [0.15, 0.2) is 30.5 Å². The number of carbonyl (C=O) groups excluding carboxylic acids is 1. The second kappa shape index (κ2) is 8.15. The highest BCUT2D eigenvalue weighted by Gasteiger charge is 2.22. The molecule has 0 unspecified atom stereocenters. The average molecular weight is 435 g/mol. The SMILES string of the molecule is COc1cc2c(C(=O)c3cc(OC)c(OC)c(OC)c3)c[nH]c2cc1OS(C)(=O)=O. The topological polar surface area (TPSA) is 113 Å². The van der Waals surface area contributed by atoms with Gasteiger partial charge in [0.25, 0.3) is 0 Å². The van der Waals surface area contributed by atoms with Crippen molar-refractivity contribution in [1.82, 2.24) is 4.98 Å². The first-order chi connectivity index (χ1) is 14.2. The molecule has 1 heterocycles. The van der Waals surface area contributed by atoms with Crippen molar-refractivity contribution < 1.29 is 36.3 Å². The predicted octanol–water partition coefficient (Wildman–Crippen LogP) is 2.77. The van der Waals surface area contributed by atoms with Crippen LogP contribution in [-0.4, -0.2) is 53.9 Å². The fourth-order valence-electron chi connectivity index (χ4n) is 3.07. The molecule has 3 aromatic rings. The highest BCUT2D eigenvalue weighted by molar-refractivity contribution is 7.86. The normalized spacial score (nSPS) is 11.2. The molecule has 0 aliphatic heterocycles. The molecule has 9 nitrogen and oxygen atoms in total. The highest BCUT2D eigenvalue weighted by atomic mass is 32.2.